The first-order chi connectivity index (χ1) is 15.6. The minimum Gasteiger partial charge on any atom is -0.341 e. The number of nitrogens with one attached hydrogen (secondary N) is 1. The number of rotatable bonds is 6. The summed E-state index contributed by atoms with van der Waals surface area (Å²) in [4.78, 5) is 29.7. The van der Waals surface area contributed by atoms with Gasteiger partial charge in [0.05, 0.1) is 6.04 Å². The lowest BCUT2D eigenvalue weighted by molar-refractivity contribution is -0.134. The van der Waals surface area contributed by atoms with Gasteiger partial charge in [0, 0.05) is 31.7 Å². The molecule has 4 rings (SSSR count). The number of nitrogens with zero attached hydrogens (tertiary/aromatic N) is 2. The molecule has 0 radical (unpaired) electrons. The fourth-order valence-corrected chi connectivity index (χ4v) is 4.29. The number of amides is 2. The molecule has 164 valence electrons. The average Bonchev–Trinajstić information content (AvgIpc) is 2.86. The minimum atomic E-state index is -0.562. The van der Waals surface area contributed by atoms with Crippen LogP contribution in [0.2, 0.25) is 0 Å². The zero-order valence-corrected chi connectivity index (χ0v) is 18.4. The molecule has 1 aliphatic heterocycles. The summed E-state index contributed by atoms with van der Waals surface area (Å²) in [6.45, 7) is 4.59. The van der Waals surface area contributed by atoms with E-state index in [4.69, 9.17) is 0 Å². The maximum absolute atomic E-state index is 13.0. The van der Waals surface area contributed by atoms with Crippen LogP contribution < -0.4 is 5.32 Å². The summed E-state index contributed by atoms with van der Waals surface area (Å²) < 4.78 is 0. The van der Waals surface area contributed by atoms with Crippen LogP contribution in [-0.2, 0) is 4.79 Å². The van der Waals surface area contributed by atoms with E-state index in [0.29, 0.717) is 18.7 Å². The lowest BCUT2D eigenvalue weighted by Crippen LogP contribution is -2.54. The Labute approximate surface area is 189 Å². The lowest BCUT2D eigenvalue weighted by Gasteiger charge is -2.40. The van der Waals surface area contributed by atoms with Crippen LogP contribution in [0.15, 0.2) is 91.0 Å². The van der Waals surface area contributed by atoms with Crippen LogP contribution in [0.5, 0.6) is 0 Å². The molecule has 0 aromatic heterocycles. The fourth-order valence-electron chi connectivity index (χ4n) is 4.29. The first-order valence-electron chi connectivity index (χ1n) is 11.1. The second kappa shape index (κ2) is 10.2. The van der Waals surface area contributed by atoms with Crippen molar-refractivity contribution >= 4 is 11.8 Å². The van der Waals surface area contributed by atoms with Crippen molar-refractivity contribution in [1.29, 1.82) is 0 Å². The van der Waals surface area contributed by atoms with Crippen molar-refractivity contribution in [3.05, 3.63) is 108 Å². The number of carbonyl (C=O) groups excluding carboxylic acids is 2. The van der Waals surface area contributed by atoms with Crippen molar-refractivity contribution in [1.82, 2.24) is 15.1 Å². The molecule has 0 bridgehead atoms. The van der Waals surface area contributed by atoms with Crippen molar-refractivity contribution in [3.8, 4) is 0 Å². The standard InChI is InChI=1S/C27H29N3O2/c1-21(28-26(31)24-15-9-4-10-16-24)27(32)30-19-17-29(18-20-30)25(22-11-5-2-6-12-22)23-13-7-3-8-14-23/h2-16,21,25H,17-20H2,1H3,(H,28,31)/t21-/m0/s1. The third kappa shape index (κ3) is 5.06. The highest BCUT2D eigenvalue weighted by Crippen LogP contribution is 2.29. The van der Waals surface area contributed by atoms with Crippen LogP contribution in [0.25, 0.3) is 0 Å². The van der Waals surface area contributed by atoms with Gasteiger partial charge in [0.2, 0.25) is 5.91 Å². The molecule has 1 heterocycles. The maximum Gasteiger partial charge on any atom is 0.251 e. The van der Waals surface area contributed by atoms with Crippen LogP contribution in [0.4, 0.5) is 0 Å². The number of benzene rings is 3. The summed E-state index contributed by atoms with van der Waals surface area (Å²) in [5.74, 6) is -0.261. The van der Waals surface area contributed by atoms with Crippen molar-refractivity contribution in [3.63, 3.8) is 0 Å². The van der Waals surface area contributed by atoms with Crippen LogP contribution in [-0.4, -0.2) is 53.8 Å². The topological polar surface area (TPSA) is 52.7 Å². The fraction of sp³-hybridized carbons (Fsp3) is 0.259. The first-order valence-corrected chi connectivity index (χ1v) is 11.1. The van der Waals surface area contributed by atoms with Gasteiger partial charge in [-0.2, -0.15) is 0 Å². The highest BCUT2D eigenvalue weighted by molar-refractivity contribution is 5.97. The Balaban J connectivity index is 1.40. The van der Waals surface area contributed by atoms with E-state index in [-0.39, 0.29) is 17.9 Å². The van der Waals surface area contributed by atoms with Gasteiger partial charge in [-0.25, -0.2) is 0 Å². The first kappa shape index (κ1) is 21.8. The predicted octanol–water partition coefficient (Wildman–Crippen LogP) is 3.74. The van der Waals surface area contributed by atoms with E-state index >= 15 is 0 Å². The molecule has 1 fully saturated rings. The number of hydrogen-bond donors (Lipinski definition) is 1. The van der Waals surface area contributed by atoms with Gasteiger partial charge in [-0.1, -0.05) is 78.9 Å². The zero-order chi connectivity index (χ0) is 22.3. The van der Waals surface area contributed by atoms with E-state index < -0.39 is 6.04 Å². The molecule has 0 saturated carbocycles. The molecular formula is C27H29N3O2. The molecule has 3 aromatic carbocycles. The van der Waals surface area contributed by atoms with Crippen molar-refractivity contribution in [2.75, 3.05) is 26.2 Å². The van der Waals surface area contributed by atoms with Crippen LogP contribution in [0.3, 0.4) is 0 Å². The van der Waals surface area contributed by atoms with E-state index in [1.54, 1.807) is 19.1 Å². The summed E-state index contributed by atoms with van der Waals surface area (Å²) in [6, 6.07) is 29.6. The van der Waals surface area contributed by atoms with Crippen LogP contribution in [0.1, 0.15) is 34.5 Å². The molecule has 5 heteroatoms. The van der Waals surface area contributed by atoms with Gasteiger partial charge < -0.3 is 10.2 Å². The molecule has 0 unspecified atom stereocenters. The largest absolute Gasteiger partial charge is 0.341 e. The lowest BCUT2D eigenvalue weighted by atomic mass is 9.96. The molecule has 1 saturated heterocycles. The Kier molecular flexibility index (Phi) is 6.97. The molecule has 32 heavy (non-hydrogen) atoms. The number of piperazine rings is 1. The van der Waals surface area contributed by atoms with Gasteiger partial charge >= 0.3 is 0 Å². The van der Waals surface area contributed by atoms with E-state index in [0.717, 1.165) is 13.1 Å². The Morgan fingerprint density at radius 3 is 1.69 bits per heavy atom. The second-order valence-electron chi connectivity index (χ2n) is 8.15. The van der Waals surface area contributed by atoms with Gasteiger partial charge in [-0.3, -0.25) is 14.5 Å². The summed E-state index contributed by atoms with van der Waals surface area (Å²) in [6.07, 6.45) is 0. The monoisotopic (exact) mass is 427 g/mol. The summed E-state index contributed by atoms with van der Waals surface area (Å²) >= 11 is 0. The van der Waals surface area contributed by atoms with Gasteiger partial charge in [0.15, 0.2) is 0 Å². The van der Waals surface area contributed by atoms with Gasteiger partial charge in [0.1, 0.15) is 6.04 Å². The molecule has 1 N–H and O–H groups in total. The summed E-state index contributed by atoms with van der Waals surface area (Å²) in [7, 11) is 0. The van der Waals surface area contributed by atoms with Gasteiger partial charge in [0.25, 0.3) is 5.91 Å². The molecule has 0 spiro atoms. The minimum absolute atomic E-state index is 0.0371. The molecule has 3 aromatic rings. The van der Waals surface area contributed by atoms with E-state index in [2.05, 4.69) is 58.7 Å². The Hall–Kier alpha value is -3.44. The Morgan fingerprint density at radius 1 is 0.719 bits per heavy atom. The Bertz CT molecular complexity index is 977. The van der Waals surface area contributed by atoms with Crippen molar-refractivity contribution < 1.29 is 9.59 Å². The SMILES string of the molecule is C[C@H](NC(=O)c1ccccc1)C(=O)N1CCN(C(c2ccccc2)c2ccccc2)CC1. The quantitative estimate of drug-likeness (QED) is 0.652. The van der Waals surface area contributed by atoms with Gasteiger partial charge in [-0.05, 0) is 30.2 Å². The second-order valence-corrected chi connectivity index (χ2v) is 8.15. The van der Waals surface area contributed by atoms with E-state index in [1.807, 2.05) is 35.2 Å². The number of carbonyl (C=O) groups is 2. The Morgan fingerprint density at radius 2 is 1.19 bits per heavy atom. The molecular weight excluding hydrogens is 398 g/mol. The maximum atomic E-state index is 13.0. The van der Waals surface area contributed by atoms with Crippen molar-refractivity contribution in [2.24, 2.45) is 0 Å². The van der Waals surface area contributed by atoms with Crippen LogP contribution >= 0.6 is 0 Å². The highest BCUT2D eigenvalue weighted by Gasteiger charge is 2.30. The number of hydrogen-bond acceptors (Lipinski definition) is 3. The van der Waals surface area contributed by atoms with Crippen LogP contribution in [0, 0.1) is 0 Å². The normalized spacial score (nSPS) is 15.4. The molecule has 5 nitrogen and oxygen atoms in total. The molecule has 1 atom stereocenters. The van der Waals surface area contributed by atoms with Gasteiger partial charge in [-0.15, -0.1) is 0 Å². The molecule has 1 aliphatic rings. The third-order valence-electron chi connectivity index (χ3n) is 5.98. The zero-order valence-electron chi connectivity index (χ0n) is 18.4. The molecule has 2 amide bonds. The average molecular weight is 428 g/mol. The molecule has 0 aliphatic carbocycles. The predicted molar refractivity (Wildman–Crippen MR) is 126 cm³/mol. The summed E-state index contributed by atoms with van der Waals surface area (Å²) in [5, 5.41) is 2.84. The summed E-state index contributed by atoms with van der Waals surface area (Å²) in [5.41, 5.74) is 3.06. The third-order valence-corrected chi connectivity index (χ3v) is 5.98. The van der Waals surface area contributed by atoms with Crippen molar-refractivity contribution in [2.45, 2.75) is 19.0 Å². The van der Waals surface area contributed by atoms with E-state index in [1.165, 1.54) is 11.1 Å². The van der Waals surface area contributed by atoms with E-state index in [9.17, 15) is 9.59 Å². The smallest absolute Gasteiger partial charge is 0.251 e. The highest BCUT2D eigenvalue weighted by atomic mass is 16.2.